The van der Waals surface area contributed by atoms with Gasteiger partial charge < -0.3 is 35.3 Å². The molecule has 2 aliphatic rings. The molecule has 0 saturated heterocycles. The van der Waals surface area contributed by atoms with Crippen LogP contribution in [0.2, 0.25) is 13.1 Å². The van der Waals surface area contributed by atoms with Gasteiger partial charge in [-0.1, -0.05) is 55.7 Å². The second kappa shape index (κ2) is 10.9. The molecular formula is C18H24Cl2HfNOSi-. The van der Waals surface area contributed by atoms with Crippen molar-refractivity contribution in [3.63, 3.8) is 0 Å². The third-order valence-corrected chi connectivity index (χ3v) is 4.59. The van der Waals surface area contributed by atoms with Gasteiger partial charge in [-0.25, -0.2) is 0 Å². The van der Waals surface area contributed by atoms with E-state index in [1.165, 1.54) is 40.5 Å². The molecule has 1 N–H and O–H groups in total. The van der Waals surface area contributed by atoms with Crippen molar-refractivity contribution in [1.29, 1.82) is 0 Å². The molecule has 2 aliphatic carbocycles. The molecule has 0 radical (unpaired) electrons. The van der Waals surface area contributed by atoms with Crippen molar-refractivity contribution in [3.05, 3.63) is 47.2 Å². The second-order valence-corrected chi connectivity index (χ2v) is 19.3. The van der Waals surface area contributed by atoms with Gasteiger partial charge in [-0.15, -0.1) is 0 Å². The molecule has 0 heterocycles. The first-order valence-electron chi connectivity index (χ1n) is 8.02. The minimum Gasteiger partial charge on any atom is -1.00 e. The molecule has 24 heavy (non-hydrogen) atoms. The van der Waals surface area contributed by atoms with E-state index >= 15 is 0 Å². The van der Waals surface area contributed by atoms with Gasteiger partial charge in [0, 0.05) is 11.3 Å². The average molecular weight is 548 g/mol. The molecular weight excluding hydrogens is 524 g/mol. The number of hydrogen-bond acceptors (Lipinski definition) is 1. The van der Waals surface area contributed by atoms with Crippen LogP contribution in [0.4, 0.5) is 0 Å². The SMILES string of the molecule is C[Si](C)=[Hf+2].[Cl-].[Cl-].[NH-]C(=O)C1(C2C=Cc3ccccc32)CCCCC1. The van der Waals surface area contributed by atoms with Crippen LogP contribution >= 0.6 is 0 Å². The summed E-state index contributed by atoms with van der Waals surface area (Å²) in [6.07, 6.45) is 9.36. The van der Waals surface area contributed by atoms with Gasteiger partial charge in [-0.3, -0.25) is 0 Å². The number of benzene rings is 1. The van der Waals surface area contributed by atoms with Crippen LogP contribution in [0.1, 0.15) is 49.1 Å². The van der Waals surface area contributed by atoms with Crippen molar-refractivity contribution in [2.24, 2.45) is 5.41 Å². The molecule has 3 rings (SSSR count). The average Bonchev–Trinajstić information content (AvgIpc) is 2.91. The zero-order valence-electron chi connectivity index (χ0n) is 14.2. The van der Waals surface area contributed by atoms with E-state index in [1.54, 1.807) is 0 Å². The maximum absolute atomic E-state index is 12.0. The molecule has 0 bridgehead atoms. The maximum atomic E-state index is 12.0. The topological polar surface area (TPSA) is 40.9 Å². The molecule has 1 atom stereocenters. The van der Waals surface area contributed by atoms with Crippen LogP contribution < -0.4 is 24.8 Å². The predicted octanol–water partition coefficient (Wildman–Crippen LogP) is -0.881. The van der Waals surface area contributed by atoms with E-state index in [0.29, 0.717) is 0 Å². The molecule has 1 saturated carbocycles. The number of nitrogens with one attached hydrogen (secondary N) is 1. The van der Waals surface area contributed by atoms with Gasteiger partial charge in [0.15, 0.2) is 0 Å². The van der Waals surface area contributed by atoms with Crippen LogP contribution in [0.15, 0.2) is 30.3 Å². The van der Waals surface area contributed by atoms with E-state index in [1.807, 2.05) is 12.1 Å². The Morgan fingerprint density at radius 1 is 1.17 bits per heavy atom. The first-order valence-corrected chi connectivity index (χ1v) is 15.9. The van der Waals surface area contributed by atoms with Crippen molar-refractivity contribution >= 4 is 17.5 Å². The van der Waals surface area contributed by atoms with Crippen LogP contribution in [0.3, 0.4) is 0 Å². The summed E-state index contributed by atoms with van der Waals surface area (Å²) < 4.78 is 0. The van der Waals surface area contributed by atoms with Gasteiger partial charge in [0.2, 0.25) is 0 Å². The van der Waals surface area contributed by atoms with E-state index in [9.17, 15) is 4.79 Å². The van der Waals surface area contributed by atoms with Crippen molar-refractivity contribution in [2.75, 3.05) is 0 Å². The summed E-state index contributed by atoms with van der Waals surface area (Å²) in [4.78, 5) is 12.0. The Morgan fingerprint density at radius 3 is 2.25 bits per heavy atom. The predicted molar refractivity (Wildman–Crippen MR) is 90.5 cm³/mol. The molecule has 0 spiro atoms. The number of rotatable bonds is 2. The molecule has 1 aromatic carbocycles. The zero-order valence-corrected chi connectivity index (χ0v) is 20.3. The molecule has 0 aromatic heterocycles. The van der Waals surface area contributed by atoms with Crippen LogP contribution in [0.25, 0.3) is 11.8 Å². The van der Waals surface area contributed by atoms with Crippen molar-refractivity contribution in [1.82, 2.24) is 0 Å². The van der Waals surface area contributed by atoms with Crippen molar-refractivity contribution in [3.8, 4) is 0 Å². The van der Waals surface area contributed by atoms with E-state index < -0.39 is 5.41 Å². The molecule has 1 unspecified atom stereocenters. The number of fused-ring (bicyclic) bond motifs is 1. The van der Waals surface area contributed by atoms with E-state index in [0.717, 1.165) is 25.7 Å². The largest absolute Gasteiger partial charge is 1.00 e. The number of amides is 1. The fourth-order valence-corrected chi connectivity index (χ4v) is 3.59. The molecule has 1 fully saturated rings. The maximum Gasteiger partial charge on any atom is 0.0559 e. The summed E-state index contributed by atoms with van der Waals surface area (Å²) >= 11 is 1.45. The summed E-state index contributed by atoms with van der Waals surface area (Å²) in [7, 11) is 0. The van der Waals surface area contributed by atoms with Gasteiger partial charge >= 0.3 is 41.6 Å². The van der Waals surface area contributed by atoms with E-state index in [2.05, 4.69) is 37.4 Å². The smallest absolute Gasteiger partial charge is 0.0559 e. The number of carbonyl (C=O) groups is 1. The first kappa shape index (κ1) is 24.1. The second-order valence-electron chi connectivity index (χ2n) is 6.51. The Balaban J connectivity index is 0.000000801. The standard InChI is InChI=1S/C16H19NO.C2H6Si.2ClH.Hf/c17-15(18)16(10-4-1-5-11-16)14-9-8-12-6-2-3-7-13(12)14;1-3-2;;;/h2-3,6-9,14H,1,4-5,10-11H2,(H2,17,18);1-2H3;2*1H;/q;;;;+2/p-3. The summed E-state index contributed by atoms with van der Waals surface area (Å²) in [6.45, 7) is 4.66. The quantitative estimate of drug-likeness (QED) is 0.444. The van der Waals surface area contributed by atoms with Gasteiger partial charge in [0.1, 0.15) is 0 Å². The number of allylic oxidation sites excluding steroid dienone is 1. The minimum atomic E-state index is -0.457. The monoisotopic (exact) mass is 548 g/mol. The third-order valence-electron chi connectivity index (χ3n) is 4.59. The summed E-state index contributed by atoms with van der Waals surface area (Å²) in [5, 5.41) is 0. The van der Waals surface area contributed by atoms with Gasteiger partial charge in [-0.05, 0) is 24.0 Å². The molecule has 1 amide bonds. The van der Waals surface area contributed by atoms with Crippen LogP contribution in [-0.4, -0.2) is 11.4 Å². The Bertz CT molecular complexity index is 596. The Labute approximate surface area is 173 Å². The van der Waals surface area contributed by atoms with E-state index in [4.69, 9.17) is 5.73 Å². The summed E-state index contributed by atoms with van der Waals surface area (Å²) in [6, 6.07) is 8.27. The first-order chi connectivity index (χ1) is 10.5. The molecule has 0 aliphatic heterocycles. The van der Waals surface area contributed by atoms with Crippen LogP contribution in [0.5, 0.6) is 0 Å². The fourth-order valence-electron chi connectivity index (χ4n) is 3.59. The van der Waals surface area contributed by atoms with Crippen molar-refractivity contribution in [2.45, 2.75) is 51.1 Å². The van der Waals surface area contributed by atoms with E-state index in [-0.39, 0.29) is 42.1 Å². The molecule has 1 aromatic rings. The molecule has 2 nitrogen and oxygen atoms in total. The minimum absolute atomic E-state index is 0. The van der Waals surface area contributed by atoms with Gasteiger partial charge in [0.05, 0.1) is 5.91 Å². The van der Waals surface area contributed by atoms with Gasteiger partial charge in [0.25, 0.3) is 0 Å². The number of halogens is 2. The fraction of sp³-hybridized carbons (Fsp3) is 0.500. The zero-order chi connectivity index (χ0) is 16.2. The van der Waals surface area contributed by atoms with Crippen molar-refractivity contribution < 1.29 is 52.6 Å². The number of hydrogen-bond donors (Lipinski definition) is 0. The normalized spacial score (nSPS) is 19.8. The summed E-state index contributed by atoms with van der Waals surface area (Å²) in [5.41, 5.74) is 10.0. The summed E-state index contributed by atoms with van der Waals surface area (Å²) in [5.74, 6) is -0.243. The third kappa shape index (κ3) is 5.55. The van der Waals surface area contributed by atoms with Crippen LogP contribution in [0, 0.1) is 5.41 Å². The Kier molecular flexibility index (Phi) is 11.0. The Hall–Kier alpha value is 0.0970. The van der Waals surface area contributed by atoms with Gasteiger partial charge in [-0.2, -0.15) is 0 Å². The van der Waals surface area contributed by atoms with Crippen LogP contribution in [-0.2, 0) is 27.8 Å². The Morgan fingerprint density at radius 2 is 1.71 bits per heavy atom. The molecule has 130 valence electrons. The number of carbonyl (C=O) groups excluding carboxylic acids is 1. The molecule has 6 heteroatoms.